The lowest BCUT2D eigenvalue weighted by molar-refractivity contribution is 0.315. The maximum absolute atomic E-state index is 14.5. The minimum absolute atomic E-state index is 0.172. The zero-order valence-electron chi connectivity index (χ0n) is 20.9. The molecule has 0 unspecified atom stereocenters. The molecule has 0 fully saturated rings. The van der Waals surface area contributed by atoms with E-state index in [0.717, 1.165) is 54.8 Å². The fraction of sp³-hybridized carbons (Fsp3) is 0.429. The van der Waals surface area contributed by atoms with Crippen LogP contribution in [0.15, 0.2) is 71.9 Å². The third-order valence-electron chi connectivity index (χ3n) is 5.62. The van der Waals surface area contributed by atoms with E-state index in [9.17, 15) is 9.50 Å². The molecule has 0 atom stereocenters. The Labute approximate surface area is 199 Å². The van der Waals surface area contributed by atoms with Crippen molar-refractivity contribution in [3.05, 3.63) is 88.9 Å². The zero-order chi connectivity index (χ0) is 24.2. The van der Waals surface area contributed by atoms with E-state index in [4.69, 9.17) is 0 Å². The average molecular weight is 454 g/mol. The zero-order valence-corrected chi connectivity index (χ0v) is 20.9. The topological polar surface area (TPSA) is 38.7 Å². The SMILES string of the molecule is CC.CCCCN(C)Cc1cc(C2=CC3=C(N/C=C/C=C/CC/C=C\3O)N(C)C2)ccc1F. The van der Waals surface area contributed by atoms with Gasteiger partial charge in [0.2, 0.25) is 0 Å². The lowest BCUT2D eigenvalue weighted by atomic mass is 9.96. The van der Waals surface area contributed by atoms with Crippen LogP contribution in [0, 0.1) is 5.82 Å². The first-order chi connectivity index (χ1) is 16.0. The number of hydrogen-bond acceptors (Lipinski definition) is 4. The largest absolute Gasteiger partial charge is 0.508 e. The van der Waals surface area contributed by atoms with E-state index in [-0.39, 0.29) is 11.6 Å². The molecule has 0 aliphatic carbocycles. The number of hydrogen-bond donors (Lipinski definition) is 2. The summed E-state index contributed by atoms with van der Waals surface area (Å²) in [5.41, 5.74) is 3.49. The third-order valence-corrected chi connectivity index (χ3v) is 5.62. The number of aliphatic hydroxyl groups is 1. The highest BCUT2D eigenvalue weighted by Gasteiger charge is 2.21. The van der Waals surface area contributed by atoms with Gasteiger partial charge in [-0.1, -0.05) is 45.4 Å². The van der Waals surface area contributed by atoms with Crippen LogP contribution in [0.25, 0.3) is 5.57 Å². The summed E-state index contributed by atoms with van der Waals surface area (Å²) in [6.45, 7) is 8.37. The van der Waals surface area contributed by atoms with Gasteiger partial charge >= 0.3 is 0 Å². The van der Waals surface area contributed by atoms with Gasteiger partial charge in [0.05, 0.1) is 5.57 Å². The Balaban J connectivity index is 0.00000187. The molecule has 4 nitrogen and oxygen atoms in total. The second-order valence-electron chi connectivity index (χ2n) is 8.28. The molecule has 1 aromatic carbocycles. The molecule has 5 heteroatoms. The van der Waals surface area contributed by atoms with Crippen molar-refractivity contribution in [2.75, 3.05) is 27.2 Å². The number of likely N-dealkylation sites (N-methyl/N-ethyl adjacent to an activating group) is 1. The van der Waals surface area contributed by atoms with Crippen molar-refractivity contribution in [1.29, 1.82) is 0 Å². The Bertz CT molecular complexity index is 927. The van der Waals surface area contributed by atoms with E-state index in [1.165, 1.54) is 0 Å². The molecule has 0 amide bonds. The number of allylic oxidation sites excluding steroid dienone is 5. The van der Waals surface area contributed by atoms with Crippen LogP contribution >= 0.6 is 0 Å². The molecular weight excluding hydrogens is 413 g/mol. The van der Waals surface area contributed by atoms with Crippen LogP contribution < -0.4 is 5.32 Å². The standard InChI is InChI=1S/C26H34FN3O.C2H6/c1-4-5-15-29(2)18-22-16-20(12-13-24(22)27)21-17-23-25(31)11-9-7-6-8-10-14-28-26(23)30(3)19-21;1-2/h6,8,10-14,16-17,28,31H,4-5,7,9,15,18-19H2,1-3H3;1-2H3/b8-6+,14-10+,25-11+;. The average Bonchev–Trinajstić information content (AvgIpc) is 2.86. The lowest BCUT2D eigenvalue weighted by Gasteiger charge is -2.30. The van der Waals surface area contributed by atoms with E-state index in [2.05, 4.69) is 28.1 Å². The van der Waals surface area contributed by atoms with Crippen molar-refractivity contribution >= 4 is 5.57 Å². The summed E-state index contributed by atoms with van der Waals surface area (Å²) in [5, 5.41) is 14.1. The molecule has 1 aromatic rings. The quantitative estimate of drug-likeness (QED) is 0.514. The van der Waals surface area contributed by atoms with Gasteiger partial charge in [-0.25, -0.2) is 4.39 Å². The lowest BCUT2D eigenvalue weighted by Crippen LogP contribution is -2.32. The molecular formula is C28H40FN3O. The molecule has 180 valence electrons. The Hall–Kier alpha value is -2.79. The predicted octanol–water partition coefficient (Wildman–Crippen LogP) is 6.52. The molecule has 2 aliphatic rings. The van der Waals surface area contributed by atoms with Crippen molar-refractivity contribution in [3.63, 3.8) is 0 Å². The van der Waals surface area contributed by atoms with Crippen molar-refractivity contribution in [2.45, 2.75) is 53.0 Å². The summed E-state index contributed by atoms with van der Waals surface area (Å²) in [5.74, 6) is 0.941. The molecule has 3 rings (SSSR count). The molecule has 0 bridgehead atoms. The fourth-order valence-corrected chi connectivity index (χ4v) is 3.86. The predicted molar refractivity (Wildman–Crippen MR) is 138 cm³/mol. The molecule has 0 aromatic heterocycles. The van der Waals surface area contributed by atoms with Crippen molar-refractivity contribution in [3.8, 4) is 0 Å². The molecule has 0 spiro atoms. The van der Waals surface area contributed by atoms with Gasteiger partial charge in [0, 0.05) is 31.9 Å². The van der Waals surface area contributed by atoms with Crippen LogP contribution in [-0.2, 0) is 6.54 Å². The van der Waals surface area contributed by atoms with Crippen LogP contribution in [-0.4, -0.2) is 42.1 Å². The monoisotopic (exact) mass is 453 g/mol. The minimum atomic E-state index is -0.172. The minimum Gasteiger partial charge on any atom is -0.508 e. The maximum atomic E-state index is 14.5. The molecule has 33 heavy (non-hydrogen) atoms. The highest BCUT2D eigenvalue weighted by atomic mass is 19.1. The number of nitrogens with zero attached hydrogens (tertiary/aromatic N) is 2. The Morgan fingerprint density at radius 2 is 1.97 bits per heavy atom. The molecule has 0 saturated carbocycles. The van der Waals surface area contributed by atoms with E-state index < -0.39 is 0 Å². The number of halogens is 1. The van der Waals surface area contributed by atoms with Crippen LogP contribution in [0.3, 0.4) is 0 Å². The Morgan fingerprint density at radius 3 is 2.73 bits per heavy atom. The van der Waals surface area contributed by atoms with Crippen molar-refractivity contribution < 1.29 is 9.50 Å². The van der Waals surface area contributed by atoms with Gasteiger partial charge in [0.25, 0.3) is 0 Å². The first-order valence-electron chi connectivity index (χ1n) is 12.1. The van der Waals surface area contributed by atoms with Crippen molar-refractivity contribution in [2.24, 2.45) is 0 Å². The van der Waals surface area contributed by atoms with Gasteiger partial charge in [-0.05, 0) is 74.4 Å². The first-order valence-corrected chi connectivity index (χ1v) is 12.1. The number of unbranched alkanes of at least 4 members (excludes halogenated alkanes) is 1. The highest BCUT2D eigenvalue weighted by Crippen LogP contribution is 2.30. The number of benzene rings is 1. The van der Waals surface area contributed by atoms with Crippen molar-refractivity contribution in [1.82, 2.24) is 15.1 Å². The van der Waals surface area contributed by atoms with E-state index in [0.29, 0.717) is 18.7 Å². The summed E-state index contributed by atoms with van der Waals surface area (Å²) in [4.78, 5) is 4.24. The second-order valence-corrected chi connectivity index (χ2v) is 8.28. The van der Waals surface area contributed by atoms with Gasteiger partial charge in [-0.2, -0.15) is 0 Å². The normalized spacial score (nSPS) is 19.8. The number of nitrogens with one attached hydrogen (secondary N) is 1. The van der Waals surface area contributed by atoms with E-state index in [1.807, 2.05) is 70.6 Å². The van der Waals surface area contributed by atoms with Crippen LogP contribution in [0.2, 0.25) is 0 Å². The van der Waals surface area contributed by atoms with Crippen LogP contribution in [0.1, 0.15) is 57.6 Å². The summed E-state index contributed by atoms with van der Waals surface area (Å²) >= 11 is 0. The maximum Gasteiger partial charge on any atom is 0.127 e. The van der Waals surface area contributed by atoms with Gasteiger partial charge in [-0.15, -0.1) is 0 Å². The van der Waals surface area contributed by atoms with Crippen LogP contribution in [0.4, 0.5) is 4.39 Å². The smallest absolute Gasteiger partial charge is 0.127 e. The molecule has 2 N–H and O–H groups in total. The number of rotatable bonds is 6. The number of aliphatic hydroxyl groups excluding tert-OH is 1. The summed E-state index contributed by atoms with van der Waals surface area (Å²) in [7, 11) is 4.03. The van der Waals surface area contributed by atoms with Gasteiger partial charge in [0.15, 0.2) is 0 Å². The summed E-state index contributed by atoms with van der Waals surface area (Å²) in [6, 6.07) is 5.34. The fourth-order valence-electron chi connectivity index (χ4n) is 3.86. The van der Waals surface area contributed by atoms with Crippen LogP contribution in [0.5, 0.6) is 0 Å². The van der Waals surface area contributed by atoms with Gasteiger partial charge in [-0.3, -0.25) is 0 Å². The Morgan fingerprint density at radius 1 is 1.18 bits per heavy atom. The van der Waals surface area contributed by atoms with E-state index >= 15 is 0 Å². The first kappa shape index (κ1) is 26.5. The summed E-state index contributed by atoms with van der Waals surface area (Å²) < 4.78 is 14.5. The molecule has 2 heterocycles. The molecule has 0 radical (unpaired) electrons. The highest BCUT2D eigenvalue weighted by molar-refractivity contribution is 5.73. The second kappa shape index (κ2) is 13.7. The van der Waals surface area contributed by atoms with Gasteiger partial charge in [0.1, 0.15) is 17.4 Å². The van der Waals surface area contributed by atoms with Gasteiger partial charge < -0.3 is 20.2 Å². The molecule has 2 aliphatic heterocycles. The Kier molecular flexibility index (Phi) is 11.0. The van der Waals surface area contributed by atoms with E-state index in [1.54, 1.807) is 6.07 Å². The third kappa shape index (κ3) is 7.64. The molecule has 0 saturated heterocycles. The summed E-state index contributed by atoms with van der Waals surface area (Å²) in [6.07, 6.45) is 15.7.